The summed E-state index contributed by atoms with van der Waals surface area (Å²) in [6, 6.07) is 3.28. The van der Waals surface area contributed by atoms with Crippen LogP contribution in [0.3, 0.4) is 0 Å². The number of nitrogens with one attached hydrogen (secondary N) is 1. The van der Waals surface area contributed by atoms with E-state index in [1.165, 1.54) is 19.3 Å². The Labute approximate surface area is 109 Å². The summed E-state index contributed by atoms with van der Waals surface area (Å²) in [6.45, 7) is 5.08. The Balaban J connectivity index is 2.44. The normalized spacial score (nSPS) is 12.1. The number of aromatic nitrogens is 1. The quantitative estimate of drug-likeness (QED) is 0.780. The Hall–Kier alpha value is -1.58. The zero-order chi connectivity index (χ0) is 13.4. The molecule has 0 aliphatic rings. The van der Waals surface area contributed by atoms with Gasteiger partial charge in [-0.05, 0) is 24.5 Å². The maximum absolute atomic E-state index is 11.9. The maximum Gasteiger partial charge on any atom is 0.251 e. The molecule has 1 amide bonds. The van der Waals surface area contributed by atoms with Gasteiger partial charge in [0.05, 0.1) is 0 Å². The zero-order valence-electron chi connectivity index (χ0n) is 11.3. The van der Waals surface area contributed by atoms with Gasteiger partial charge in [-0.25, -0.2) is 4.98 Å². The third kappa shape index (κ3) is 4.73. The van der Waals surface area contributed by atoms with Crippen LogP contribution in [0.5, 0.6) is 0 Å². The first-order chi connectivity index (χ1) is 8.67. The molecule has 1 aromatic heterocycles. The van der Waals surface area contributed by atoms with Crippen molar-refractivity contribution in [3.05, 3.63) is 23.9 Å². The number of amides is 1. The summed E-state index contributed by atoms with van der Waals surface area (Å²) in [5.74, 6) is 0.868. The predicted molar refractivity (Wildman–Crippen MR) is 74.3 cm³/mol. The highest BCUT2D eigenvalue weighted by molar-refractivity contribution is 5.94. The van der Waals surface area contributed by atoms with Gasteiger partial charge in [-0.15, -0.1) is 0 Å². The lowest BCUT2D eigenvalue weighted by Gasteiger charge is -2.15. The van der Waals surface area contributed by atoms with Gasteiger partial charge in [0, 0.05) is 18.3 Å². The fraction of sp³-hybridized carbons (Fsp3) is 0.571. The molecule has 0 saturated carbocycles. The molecule has 1 atom stereocenters. The van der Waals surface area contributed by atoms with Crippen molar-refractivity contribution >= 4 is 11.7 Å². The summed E-state index contributed by atoms with van der Waals surface area (Å²) >= 11 is 0. The van der Waals surface area contributed by atoms with Crippen LogP contribution >= 0.6 is 0 Å². The second kappa shape index (κ2) is 7.69. The number of rotatable bonds is 7. The lowest BCUT2D eigenvalue weighted by atomic mass is 9.99. The highest BCUT2D eigenvalue weighted by Gasteiger charge is 2.10. The number of anilines is 1. The van der Waals surface area contributed by atoms with Crippen molar-refractivity contribution in [2.45, 2.75) is 39.5 Å². The molecule has 0 saturated heterocycles. The van der Waals surface area contributed by atoms with Crippen LogP contribution in [0.2, 0.25) is 0 Å². The number of nitrogen functional groups attached to an aromatic ring is 1. The molecule has 0 fully saturated rings. The van der Waals surface area contributed by atoms with Crippen LogP contribution in [0.4, 0.5) is 5.82 Å². The van der Waals surface area contributed by atoms with Crippen molar-refractivity contribution in [2.75, 3.05) is 12.3 Å². The lowest BCUT2D eigenvalue weighted by molar-refractivity contribution is 0.0945. The molecule has 4 nitrogen and oxygen atoms in total. The average Bonchev–Trinajstić information content (AvgIpc) is 2.38. The standard InChI is InChI=1S/C14H23N3O/c1-3-5-6-11(4-2)10-17-14(18)12-7-8-16-13(15)9-12/h7-9,11H,3-6,10H2,1-2H3,(H2,15,16)(H,17,18). The van der Waals surface area contributed by atoms with Crippen LogP contribution in [0, 0.1) is 5.92 Å². The molecule has 1 rings (SSSR count). The first-order valence-corrected chi connectivity index (χ1v) is 6.67. The monoisotopic (exact) mass is 249 g/mol. The van der Waals surface area contributed by atoms with E-state index in [1.54, 1.807) is 18.3 Å². The highest BCUT2D eigenvalue weighted by Crippen LogP contribution is 2.11. The lowest BCUT2D eigenvalue weighted by Crippen LogP contribution is -2.29. The zero-order valence-corrected chi connectivity index (χ0v) is 11.3. The number of unbranched alkanes of at least 4 members (excludes halogenated alkanes) is 1. The number of hydrogen-bond donors (Lipinski definition) is 2. The topological polar surface area (TPSA) is 68.0 Å². The molecular weight excluding hydrogens is 226 g/mol. The summed E-state index contributed by atoms with van der Waals surface area (Å²) < 4.78 is 0. The maximum atomic E-state index is 11.9. The van der Waals surface area contributed by atoms with Crippen LogP contribution < -0.4 is 11.1 Å². The van der Waals surface area contributed by atoms with Gasteiger partial charge in [0.25, 0.3) is 5.91 Å². The van der Waals surface area contributed by atoms with E-state index in [9.17, 15) is 4.79 Å². The van der Waals surface area contributed by atoms with Crippen LogP contribution in [-0.2, 0) is 0 Å². The molecular formula is C14H23N3O. The summed E-state index contributed by atoms with van der Waals surface area (Å²) in [6.07, 6.45) is 6.24. The average molecular weight is 249 g/mol. The minimum Gasteiger partial charge on any atom is -0.384 e. The van der Waals surface area contributed by atoms with Gasteiger partial charge in [0.1, 0.15) is 5.82 Å². The summed E-state index contributed by atoms with van der Waals surface area (Å²) in [5.41, 5.74) is 6.13. The number of hydrogen-bond acceptors (Lipinski definition) is 3. The first kappa shape index (κ1) is 14.5. The molecule has 1 aromatic rings. The third-order valence-electron chi connectivity index (χ3n) is 3.14. The van der Waals surface area contributed by atoms with E-state index in [2.05, 4.69) is 24.1 Å². The molecule has 0 aliphatic carbocycles. The third-order valence-corrected chi connectivity index (χ3v) is 3.14. The van der Waals surface area contributed by atoms with E-state index in [4.69, 9.17) is 5.73 Å². The van der Waals surface area contributed by atoms with E-state index in [-0.39, 0.29) is 5.91 Å². The van der Waals surface area contributed by atoms with Crippen LogP contribution in [0.25, 0.3) is 0 Å². The Morgan fingerprint density at radius 2 is 2.28 bits per heavy atom. The molecule has 18 heavy (non-hydrogen) atoms. The van der Waals surface area contributed by atoms with Gasteiger partial charge < -0.3 is 11.1 Å². The van der Waals surface area contributed by atoms with E-state index in [0.29, 0.717) is 17.3 Å². The molecule has 0 bridgehead atoms. The number of pyridine rings is 1. The Morgan fingerprint density at radius 1 is 1.50 bits per heavy atom. The minimum atomic E-state index is -0.0703. The van der Waals surface area contributed by atoms with E-state index < -0.39 is 0 Å². The Morgan fingerprint density at radius 3 is 2.89 bits per heavy atom. The molecule has 1 unspecified atom stereocenters. The van der Waals surface area contributed by atoms with Crippen molar-refractivity contribution in [1.29, 1.82) is 0 Å². The van der Waals surface area contributed by atoms with Gasteiger partial charge in [-0.1, -0.05) is 33.1 Å². The molecule has 0 radical (unpaired) electrons. The highest BCUT2D eigenvalue weighted by atomic mass is 16.1. The van der Waals surface area contributed by atoms with Gasteiger partial charge in [0.2, 0.25) is 0 Å². The predicted octanol–water partition coefficient (Wildman–Crippen LogP) is 2.61. The molecule has 0 aromatic carbocycles. The van der Waals surface area contributed by atoms with Crippen molar-refractivity contribution < 1.29 is 4.79 Å². The molecule has 0 aliphatic heterocycles. The van der Waals surface area contributed by atoms with Crippen molar-refractivity contribution in [3.63, 3.8) is 0 Å². The van der Waals surface area contributed by atoms with Crippen LogP contribution in [-0.4, -0.2) is 17.4 Å². The second-order valence-corrected chi connectivity index (χ2v) is 4.60. The second-order valence-electron chi connectivity index (χ2n) is 4.60. The van der Waals surface area contributed by atoms with Gasteiger partial charge >= 0.3 is 0 Å². The van der Waals surface area contributed by atoms with Gasteiger partial charge in [0.15, 0.2) is 0 Å². The fourth-order valence-corrected chi connectivity index (χ4v) is 1.87. The van der Waals surface area contributed by atoms with E-state index in [1.807, 2.05) is 0 Å². The SMILES string of the molecule is CCCCC(CC)CNC(=O)c1ccnc(N)c1. The van der Waals surface area contributed by atoms with Crippen molar-refractivity contribution in [1.82, 2.24) is 10.3 Å². The van der Waals surface area contributed by atoms with Gasteiger partial charge in [-0.3, -0.25) is 4.79 Å². The molecule has 0 spiro atoms. The van der Waals surface area contributed by atoms with E-state index in [0.717, 1.165) is 13.0 Å². The smallest absolute Gasteiger partial charge is 0.251 e. The number of nitrogens with two attached hydrogens (primary N) is 1. The largest absolute Gasteiger partial charge is 0.384 e. The minimum absolute atomic E-state index is 0.0703. The fourth-order valence-electron chi connectivity index (χ4n) is 1.87. The Bertz CT molecular complexity index is 379. The van der Waals surface area contributed by atoms with Crippen LogP contribution in [0.15, 0.2) is 18.3 Å². The number of carbonyl (C=O) groups is 1. The van der Waals surface area contributed by atoms with Gasteiger partial charge in [-0.2, -0.15) is 0 Å². The molecule has 4 heteroatoms. The summed E-state index contributed by atoms with van der Waals surface area (Å²) in [5, 5.41) is 2.96. The summed E-state index contributed by atoms with van der Waals surface area (Å²) in [4.78, 5) is 15.8. The van der Waals surface area contributed by atoms with Crippen LogP contribution in [0.1, 0.15) is 49.9 Å². The first-order valence-electron chi connectivity index (χ1n) is 6.67. The molecule has 100 valence electrons. The number of nitrogens with zero attached hydrogens (tertiary/aromatic N) is 1. The summed E-state index contributed by atoms with van der Waals surface area (Å²) in [7, 11) is 0. The van der Waals surface area contributed by atoms with E-state index >= 15 is 0 Å². The van der Waals surface area contributed by atoms with Crippen molar-refractivity contribution in [3.8, 4) is 0 Å². The Kier molecular flexibility index (Phi) is 6.19. The number of carbonyl (C=O) groups excluding carboxylic acids is 1. The molecule has 3 N–H and O–H groups in total. The molecule has 1 heterocycles. The van der Waals surface area contributed by atoms with Crippen molar-refractivity contribution in [2.24, 2.45) is 5.92 Å².